The van der Waals surface area contributed by atoms with Crippen LogP contribution in [0.4, 0.5) is 0 Å². The lowest BCUT2D eigenvalue weighted by Crippen LogP contribution is -2.01. The third kappa shape index (κ3) is 5.70. The van der Waals surface area contributed by atoms with E-state index in [4.69, 9.17) is 9.84 Å². The van der Waals surface area contributed by atoms with Crippen LogP contribution in [0, 0.1) is 0 Å². The topological polar surface area (TPSA) is 76.5 Å². The van der Waals surface area contributed by atoms with Crippen molar-refractivity contribution in [2.45, 2.75) is 43.1 Å². The number of carboxylic acid groups (broad SMARTS) is 1. The van der Waals surface area contributed by atoms with Crippen LogP contribution in [-0.4, -0.2) is 21.8 Å². The maximum absolute atomic E-state index is 11.7. The number of nitrogens with zero attached hydrogens (tertiary/aromatic N) is 1. The molecule has 1 aromatic heterocycles. The van der Waals surface area contributed by atoms with Gasteiger partial charge in [-0.1, -0.05) is 37.2 Å². The Labute approximate surface area is 180 Å². The molecule has 1 N–H and O–H groups in total. The van der Waals surface area contributed by atoms with Gasteiger partial charge >= 0.3 is 5.97 Å². The van der Waals surface area contributed by atoms with Gasteiger partial charge in [-0.2, -0.15) is 0 Å². The number of carboxylic acids is 1. The monoisotopic (exact) mass is 421 g/mol. The molecule has 0 saturated heterocycles. The number of hydrogen-bond acceptors (Lipinski definition) is 5. The normalized spacial score (nSPS) is 10.6. The fraction of sp³-hybridized carbons (Fsp3) is 0.208. The molecule has 0 aliphatic rings. The molecule has 1 heterocycles. The van der Waals surface area contributed by atoms with Crippen LogP contribution in [0.2, 0.25) is 0 Å². The summed E-state index contributed by atoms with van der Waals surface area (Å²) in [5.41, 5.74) is 2.89. The van der Waals surface area contributed by atoms with Gasteiger partial charge in [-0.05, 0) is 60.9 Å². The lowest BCUT2D eigenvalue weighted by Gasteiger charge is -2.13. The highest BCUT2D eigenvalue weighted by Crippen LogP contribution is 2.29. The summed E-state index contributed by atoms with van der Waals surface area (Å²) in [4.78, 5) is 28.5. The van der Waals surface area contributed by atoms with E-state index >= 15 is 0 Å². The third-order valence-electron chi connectivity index (χ3n) is 4.47. The molecular weight excluding hydrogens is 398 g/mol. The van der Waals surface area contributed by atoms with Crippen molar-refractivity contribution in [3.63, 3.8) is 0 Å². The number of Topliss-reactive ketones (excluding diaryl/α,β-unsaturated/α-hetero) is 1. The van der Waals surface area contributed by atoms with Gasteiger partial charge in [0.25, 0.3) is 0 Å². The quantitative estimate of drug-likeness (QED) is 0.449. The number of benzene rings is 2. The minimum absolute atomic E-state index is 0.0464. The fourth-order valence-corrected chi connectivity index (χ4v) is 3.92. The molecule has 30 heavy (non-hydrogen) atoms. The smallest absolute Gasteiger partial charge is 0.337 e. The van der Waals surface area contributed by atoms with Crippen molar-refractivity contribution in [1.29, 1.82) is 0 Å². The zero-order valence-electron chi connectivity index (χ0n) is 16.9. The van der Waals surface area contributed by atoms with Gasteiger partial charge in [0.2, 0.25) is 0 Å². The van der Waals surface area contributed by atoms with Crippen LogP contribution in [0.3, 0.4) is 0 Å². The standard InChI is InChI=1S/C24H23NO4S/c1-3-5-19-11-18(16(2)26)8-9-23(19)29-15-17-6-4-7-21(10-17)30-22-12-20(24(27)28)13-25-14-22/h4,6-14H,3,5,15H2,1-2H3,(H,27,28). The number of hydrogen-bond donors (Lipinski definition) is 1. The summed E-state index contributed by atoms with van der Waals surface area (Å²) < 4.78 is 6.06. The van der Waals surface area contributed by atoms with E-state index < -0.39 is 5.97 Å². The summed E-state index contributed by atoms with van der Waals surface area (Å²) in [5.74, 6) is -0.158. The molecule has 154 valence electrons. The highest BCUT2D eigenvalue weighted by Gasteiger charge is 2.09. The highest BCUT2D eigenvalue weighted by atomic mass is 32.2. The molecule has 0 bridgehead atoms. The van der Waals surface area contributed by atoms with Crippen LogP contribution in [0.5, 0.6) is 5.75 Å². The van der Waals surface area contributed by atoms with Crippen molar-refractivity contribution in [3.8, 4) is 5.75 Å². The number of aryl methyl sites for hydroxylation is 1. The van der Waals surface area contributed by atoms with Crippen molar-refractivity contribution in [3.05, 3.63) is 83.2 Å². The summed E-state index contributed by atoms with van der Waals surface area (Å²) in [6.45, 7) is 4.06. The Hall–Kier alpha value is -3.12. The van der Waals surface area contributed by atoms with Crippen LogP contribution in [0.25, 0.3) is 0 Å². The molecule has 0 atom stereocenters. The SMILES string of the molecule is CCCc1cc(C(C)=O)ccc1OCc1cccc(Sc2cncc(C(=O)O)c2)c1. The minimum Gasteiger partial charge on any atom is -0.489 e. The lowest BCUT2D eigenvalue weighted by molar-refractivity contribution is 0.0696. The molecule has 0 spiro atoms. The average Bonchev–Trinajstić information content (AvgIpc) is 2.73. The number of aromatic carboxylic acids is 1. The van der Waals surface area contributed by atoms with Crippen molar-refractivity contribution in [2.24, 2.45) is 0 Å². The Morgan fingerprint density at radius 2 is 1.87 bits per heavy atom. The first-order valence-corrected chi connectivity index (χ1v) is 10.5. The van der Waals surface area contributed by atoms with E-state index in [1.807, 2.05) is 36.4 Å². The van der Waals surface area contributed by atoms with Crippen LogP contribution in [0.15, 0.2) is 70.7 Å². The van der Waals surface area contributed by atoms with E-state index in [1.165, 1.54) is 18.0 Å². The maximum atomic E-state index is 11.7. The Morgan fingerprint density at radius 1 is 1.03 bits per heavy atom. The van der Waals surface area contributed by atoms with Crippen molar-refractivity contribution in [2.75, 3.05) is 0 Å². The Bertz CT molecular complexity index is 1060. The van der Waals surface area contributed by atoms with Gasteiger partial charge in [-0.3, -0.25) is 9.78 Å². The largest absolute Gasteiger partial charge is 0.489 e. The molecule has 0 amide bonds. The molecule has 0 radical (unpaired) electrons. The Morgan fingerprint density at radius 3 is 2.60 bits per heavy atom. The van der Waals surface area contributed by atoms with Crippen LogP contribution >= 0.6 is 11.8 Å². The summed E-state index contributed by atoms with van der Waals surface area (Å²) in [6.07, 6.45) is 4.79. The second kappa shape index (κ2) is 10.1. The number of carbonyl (C=O) groups excluding carboxylic acids is 1. The Balaban J connectivity index is 1.72. The first-order valence-electron chi connectivity index (χ1n) is 9.68. The molecule has 0 fully saturated rings. The average molecular weight is 422 g/mol. The summed E-state index contributed by atoms with van der Waals surface area (Å²) in [5, 5.41) is 9.12. The number of carbonyl (C=O) groups is 2. The molecule has 5 nitrogen and oxygen atoms in total. The van der Waals surface area contributed by atoms with Crippen LogP contribution in [0.1, 0.15) is 52.1 Å². The Kier molecular flexibility index (Phi) is 7.25. The lowest BCUT2D eigenvalue weighted by atomic mass is 10.0. The number of ketones is 1. The van der Waals surface area contributed by atoms with Gasteiger partial charge in [-0.15, -0.1) is 0 Å². The fourth-order valence-electron chi connectivity index (χ4n) is 2.99. The van der Waals surface area contributed by atoms with E-state index in [2.05, 4.69) is 11.9 Å². The second-order valence-corrected chi connectivity index (χ2v) is 8.03. The molecule has 2 aromatic carbocycles. The van der Waals surface area contributed by atoms with E-state index in [1.54, 1.807) is 25.3 Å². The number of ether oxygens (including phenoxy) is 1. The van der Waals surface area contributed by atoms with Crippen molar-refractivity contribution < 1.29 is 19.4 Å². The number of rotatable bonds is 9. The highest BCUT2D eigenvalue weighted by molar-refractivity contribution is 7.99. The van der Waals surface area contributed by atoms with Crippen molar-refractivity contribution >= 4 is 23.5 Å². The maximum Gasteiger partial charge on any atom is 0.337 e. The van der Waals surface area contributed by atoms with E-state index in [0.29, 0.717) is 12.2 Å². The predicted molar refractivity (Wildman–Crippen MR) is 117 cm³/mol. The van der Waals surface area contributed by atoms with Gasteiger partial charge in [0.1, 0.15) is 12.4 Å². The van der Waals surface area contributed by atoms with Gasteiger partial charge in [0.05, 0.1) is 5.56 Å². The molecule has 0 saturated carbocycles. The van der Waals surface area contributed by atoms with Gasteiger partial charge in [-0.25, -0.2) is 4.79 Å². The zero-order chi connectivity index (χ0) is 21.5. The molecule has 0 aliphatic carbocycles. The number of aromatic nitrogens is 1. The minimum atomic E-state index is -0.995. The molecule has 0 aliphatic heterocycles. The molecular formula is C24H23NO4S. The number of pyridine rings is 1. The molecule has 3 aromatic rings. The van der Waals surface area contributed by atoms with Gasteiger partial charge in [0.15, 0.2) is 5.78 Å². The van der Waals surface area contributed by atoms with Gasteiger partial charge < -0.3 is 9.84 Å². The van der Waals surface area contributed by atoms with Crippen LogP contribution in [-0.2, 0) is 13.0 Å². The molecule has 0 unspecified atom stereocenters. The van der Waals surface area contributed by atoms with E-state index in [0.717, 1.165) is 39.5 Å². The molecule has 3 rings (SSSR count). The summed E-state index contributed by atoms with van der Waals surface area (Å²) in [6, 6.07) is 15.1. The second-order valence-electron chi connectivity index (χ2n) is 6.88. The van der Waals surface area contributed by atoms with Crippen LogP contribution < -0.4 is 4.74 Å². The molecule has 6 heteroatoms. The van der Waals surface area contributed by atoms with E-state index in [-0.39, 0.29) is 11.3 Å². The van der Waals surface area contributed by atoms with Crippen molar-refractivity contribution in [1.82, 2.24) is 4.98 Å². The predicted octanol–water partition coefficient (Wildman–Crippen LogP) is 5.67. The van der Waals surface area contributed by atoms with Gasteiger partial charge in [0, 0.05) is 27.7 Å². The third-order valence-corrected chi connectivity index (χ3v) is 5.42. The first kappa shape index (κ1) is 21.6. The van der Waals surface area contributed by atoms with E-state index in [9.17, 15) is 9.59 Å². The summed E-state index contributed by atoms with van der Waals surface area (Å²) >= 11 is 1.45. The zero-order valence-corrected chi connectivity index (χ0v) is 17.7. The first-order chi connectivity index (χ1) is 14.5. The summed E-state index contributed by atoms with van der Waals surface area (Å²) in [7, 11) is 0.